The molecule has 2 aromatic carbocycles. The lowest BCUT2D eigenvalue weighted by Crippen LogP contribution is -2.58. The Morgan fingerprint density at radius 2 is 1.69 bits per heavy atom. The summed E-state index contributed by atoms with van der Waals surface area (Å²) in [6.45, 7) is 11.6. The monoisotopic (exact) mass is 893 g/mol. The number of aliphatic hydroxyl groups excluding tert-OH is 1. The van der Waals surface area contributed by atoms with E-state index in [0.29, 0.717) is 50.4 Å². The van der Waals surface area contributed by atoms with E-state index in [1.54, 1.807) is 43.0 Å². The SMILES string of the molecule is Cc1ncsc1-c1ccc([C@H](C)NC(=O)[C@@H]2C[C@@H](O)CN2C(=O)[C@@H](NC(=O)CCC(=O)NC2CC(Oc3c(-c4csc(N5CCOCC5)n4)ccc(F)c3F)C2)C(C)(C)C)cc1. The molecule has 0 radical (unpaired) electrons. The fourth-order valence-corrected chi connectivity index (χ4v) is 9.55. The topological polar surface area (TPSA) is 175 Å². The number of halogens is 2. The molecule has 2 saturated heterocycles. The highest BCUT2D eigenvalue weighted by Crippen LogP contribution is 2.39. The first-order valence-corrected chi connectivity index (χ1v) is 22.6. The molecule has 3 fully saturated rings. The summed E-state index contributed by atoms with van der Waals surface area (Å²) >= 11 is 2.96. The maximum Gasteiger partial charge on any atom is 0.246 e. The van der Waals surface area contributed by atoms with Crippen LogP contribution < -0.4 is 25.6 Å². The van der Waals surface area contributed by atoms with Crippen LogP contribution in [0.5, 0.6) is 5.75 Å². The van der Waals surface area contributed by atoms with Crippen molar-refractivity contribution in [2.24, 2.45) is 5.41 Å². The lowest BCUT2D eigenvalue weighted by atomic mass is 9.85. The summed E-state index contributed by atoms with van der Waals surface area (Å²) in [5.74, 6) is -4.21. The van der Waals surface area contributed by atoms with Crippen LogP contribution in [0.4, 0.5) is 13.9 Å². The van der Waals surface area contributed by atoms with Crippen molar-refractivity contribution in [2.45, 2.75) is 103 Å². The predicted octanol–water partition coefficient (Wildman–Crippen LogP) is 5.53. The van der Waals surface area contributed by atoms with Gasteiger partial charge in [0.15, 0.2) is 16.7 Å². The highest BCUT2D eigenvalue weighted by molar-refractivity contribution is 7.14. The Labute approximate surface area is 367 Å². The third-order valence-electron chi connectivity index (χ3n) is 11.5. The Bertz CT molecular complexity index is 2250. The molecule has 7 rings (SSSR count). The van der Waals surface area contributed by atoms with Gasteiger partial charge in [0, 0.05) is 68.7 Å². The number of hydrogen-bond donors (Lipinski definition) is 4. The molecule has 14 nitrogen and oxygen atoms in total. The minimum Gasteiger partial charge on any atom is -0.486 e. The lowest BCUT2D eigenvalue weighted by molar-refractivity contribution is -0.144. The molecule has 0 spiro atoms. The molecule has 1 saturated carbocycles. The number of nitrogens with zero attached hydrogens (tertiary/aromatic N) is 4. The number of carbonyl (C=O) groups is 4. The van der Waals surface area contributed by atoms with Gasteiger partial charge in [-0.1, -0.05) is 45.0 Å². The lowest BCUT2D eigenvalue weighted by Gasteiger charge is -2.36. The number of benzene rings is 2. The van der Waals surface area contributed by atoms with Crippen LogP contribution in [0.25, 0.3) is 21.7 Å². The molecular formula is C44H53F2N7O7S2. The van der Waals surface area contributed by atoms with Crippen LogP contribution in [0.1, 0.15) is 77.1 Å². The van der Waals surface area contributed by atoms with Gasteiger partial charge < -0.3 is 40.3 Å². The van der Waals surface area contributed by atoms with Crippen LogP contribution in [0.2, 0.25) is 0 Å². The van der Waals surface area contributed by atoms with Crippen molar-refractivity contribution in [1.29, 1.82) is 0 Å². The van der Waals surface area contributed by atoms with Crippen molar-refractivity contribution in [3.05, 3.63) is 70.2 Å². The van der Waals surface area contributed by atoms with E-state index in [1.807, 2.05) is 38.1 Å². The molecule has 4 amide bonds. The zero-order chi connectivity index (χ0) is 44.3. The molecule has 2 aromatic heterocycles. The van der Waals surface area contributed by atoms with E-state index in [-0.39, 0.29) is 49.5 Å². The largest absolute Gasteiger partial charge is 0.486 e. The first-order valence-electron chi connectivity index (χ1n) is 20.9. The van der Waals surface area contributed by atoms with Crippen molar-refractivity contribution < 1.29 is 42.5 Å². The van der Waals surface area contributed by atoms with Crippen molar-refractivity contribution in [3.63, 3.8) is 0 Å². The number of morpholine rings is 1. The third kappa shape index (κ3) is 10.4. The summed E-state index contributed by atoms with van der Waals surface area (Å²) in [5, 5.41) is 21.8. The Morgan fingerprint density at radius 3 is 2.37 bits per heavy atom. The number of hydrogen-bond acceptors (Lipinski definition) is 12. The second kappa shape index (κ2) is 19.1. The predicted molar refractivity (Wildman–Crippen MR) is 232 cm³/mol. The number of carbonyl (C=O) groups excluding carboxylic acids is 4. The second-order valence-corrected chi connectivity index (χ2v) is 18.9. The first-order chi connectivity index (χ1) is 29.5. The molecule has 2 aliphatic heterocycles. The Kier molecular flexibility index (Phi) is 13.9. The summed E-state index contributed by atoms with van der Waals surface area (Å²) in [6.07, 6.45) is -1.04. The van der Waals surface area contributed by atoms with Crippen molar-refractivity contribution in [3.8, 4) is 27.4 Å². The summed E-state index contributed by atoms with van der Waals surface area (Å²) in [6, 6.07) is 7.65. The summed E-state index contributed by atoms with van der Waals surface area (Å²) < 4.78 is 40.9. The molecule has 4 N–H and O–H groups in total. The van der Waals surface area contributed by atoms with Gasteiger partial charge in [0.05, 0.1) is 47.1 Å². The molecule has 332 valence electrons. The minimum atomic E-state index is -1.11. The van der Waals surface area contributed by atoms with Gasteiger partial charge in [-0.05, 0) is 42.5 Å². The number of β-amino-alcohol motifs (C(OH)–C–C–N with tert-alkyl or cyclic N) is 1. The number of thiazole rings is 2. The molecular weight excluding hydrogens is 841 g/mol. The van der Waals surface area contributed by atoms with Gasteiger partial charge in [-0.3, -0.25) is 19.2 Å². The van der Waals surface area contributed by atoms with E-state index in [1.165, 1.54) is 22.3 Å². The van der Waals surface area contributed by atoms with Crippen LogP contribution in [0.3, 0.4) is 0 Å². The van der Waals surface area contributed by atoms with E-state index < -0.39 is 59.1 Å². The van der Waals surface area contributed by atoms with Gasteiger partial charge in [-0.2, -0.15) is 4.39 Å². The molecule has 4 heterocycles. The molecule has 4 aromatic rings. The van der Waals surface area contributed by atoms with Crippen LogP contribution in [-0.2, 0) is 23.9 Å². The molecule has 1 aliphatic carbocycles. The normalized spacial score (nSPS) is 21.2. The highest BCUT2D eigenvalue weighted by Gasteiger charge is 2.45. The average molecular weight is 894 g/mol. The molecule has 18 heteroatoms. The van der Waals surface area contributed by atoms with Gasteiger partial charge >= 0.3 is 0 Å². The number of aliphatic hydroxyl groups is 1. The number of aryl methyl sites for hydroxylation is 1. The molecule has 4 atom stereocenters. The maximum atomic E-state index is 15.1. The second-order valence-electron chi connectivity index (χ2n) is 17.2. The Balaban J connectivity index is 0.889. The number of ether oxygens (including phenoxy) is 2. The van der Waals surface area contributed by atoms with Gasteiger partial charge in [0.25, 0.3) is 0 Å². The molecule has 62 heavy (non-hydrogen) atoms. The van der Waals surface area contributed by atoms with E-state index in [9.17, 15) is 28.7 Å². The zero-order valence-corrected chi connectivity index (χ0v) is 37.0. The number of anilines is 1. The highest BCUT2D eigenvalue weighted by atomic mass is 32.1. The van der Waals surface area contributed by atoms with Crippen LogP contribution in [0.15, 0.2) is 47.3 Å². The van der Waals surface area contributed by atoms with Crippen LogP contribution in [-0.4, -0.2) is 107 Å². The zero-order valence-electron chi connectivity index (χ0n) is 35.4. The van der Waals surface area contributed by atoms with Gasteiger partial charge in [0.2, 0.25) is 29.4 Å². The first kappa shape index (κ1) is 45.0. The fourth-order valence-electron chi connectivity index (χ4n) is 7.86. The summed E-state index contributed by atoms with van der Waals surface area (Å²) in [7, 11) is 0. The maximum absolute atomic E-state index is 15.1. The van der Waals surface area contributed by atoms with Gasteiger partial charge in [0.1, 0.15) is 18.2 Å². The van der Waals surface area contributed by atoms with E-state index in [0.717, 1.165) is 32.9 Å². The Morgan fingerprint density at radius 1 is 0.984 bits per heavy atom. The molecule has 0 bridgehead atoms. The van der Waals surface area contributed by atoms with Crippen molar-refractivity contribution in [2.75, 3.05) is 37.7 Å². The molecule has 3 aliphatic rings. The van der Waals surface area contributed by atoms with Crippen molar-refractivity contribution >= 4 is 51.4 Å². The van der Waals surface area contributed by atoms with Crippen LogP contribution in [0, 0.1) is 24.0 Å². The smallest absolute Gasteiger partial charge is 0.246 e. The van der Waals surface area contributed by atoms with E-state index in [2.05, 4.69) is 30.8 Å². The van der Waals surface area contributed by atoms with Crippen molar-refractivity contribution in [1.82, 2.24) is 30.8 Å². The summed E-state index contributed by atoms with van der Waals surface area (Å²) in [4.78, 5) is 67.4. The van der Waals surface area contributed by atoms with Gasteiger partial charge in [-0.25, -0.2) is 14.4 Å². The summed E-state index contributed by atoms with van der Waals surface area (Å²) in [5.41, 5.74) is 4.67. The number of amides is 4. The number of rotatable bonds is 14. The number of nitrogens with one attached hydrogen (secondary N) is 3. The Hall–Kier alpha value is -5.04. The molecule has 0 unspecified atom stereocenters. The van der Waals surface area contributed by atoms with E-state index >= 15 is 4.39 Å². The third-order valence-corrected chi connectivity index (χ3v) is 13.4. The quantitative estimate of drug-likeness (QED) is 0.126. The minimum absolute atomic E-state index is 0.0479. The standard InChI is InChI=1S/C44H53F2N7O7S2/c1-24(26-6-8-27(9-7-26)39-25(2)47-23-62-39)48-41(57)34-20-29(54)21-53(34)42(58)40(44(3,4)5)51-36(56)13-12-35(55)49-28-18-30(19-28)60-38-31(10-11-32(45)37(38)46)33-22-61-43(50-33)52-14-16-59-17-15-52/h6-11,22-24,28-30,34,40,54H,12-21H2,1-5H3,(H,48,57)(H,49,55)(H,51,56)/t24-,28?,29+,30?,34-,40+/m0/s1. The average Bonchev–Trinajstić information content (AvgIpc) is 4.00. The van der Waals surface area contributed by atoms with Crippen LogP contribution >= 0.6 is 22.7 Å². The number of aromatic nitrogens is 2. The van der Waals surface area contributed by atoms with Gasteiger partial charge in [-0.15, -0.1) is 22.7 Å². The fraction of sp³-hybridized carbons (Fsp3) is 0.500. The number of likely N-dealkylation sites (tertiary alicyclic amines) is 1. The van der Waals surface area contributed by atoms with E-state index in [4.69, 9.17) is 9.47 Å².